The van der Waals surface area contributed by atoms with Crippen LogP contribution >= 0.6 is 0 Å². The number of rotatable bonds is 4. The van der Waals surface area contributed by atoms with Crippen LogP contribution in [0.1, 0.15) is 26.5 Å². The summed E-state index contributed by atoms with van der Waals surface area (Å²) in [5.74, 6) is 0.502. The molecular formula is C10H19N3O. The van der Waals surface area contributed by atoms with E-state index in [1.165, 1.54) is 0 Å². The first-order valence-corrected chi connectivity index (χ1v) is 4.92. The van der Waals surface area contributed by atoms with Crippen molar-refractivity contribution >= 4 is 0 Å². The number of hydrogen-bond donors (Lipinski definition) is 2. The molecule has 1 aromatic rings. The molecule has 1 atom stereocenters. The van der Waals surface area contributed by atoms with Crippen LogP contribution in [0.5, 0.6) is 0 Å². The minimum atomic E-state index is -0.981. The van der Waals surface area contributed by atoms with Gasteiger partial charge in [0.25, 0.3) is 0 Å². The van der Waals surface area contributed by atoms with Crippen molar-refractivity contribution in [3.05, 3.63) is 18.0 Å². The predicted molar refractivity (Wildman–Crippen MR) is 55.7 cm³/mol. The highest BCUT2D eigenvalue weighted by molar-refractivity contribution is 5.11. The van der Waals surface area contributed by atoms with Crippen molar-refractivity contribution in [3.63, 3.8) is 0 Å². The Hall–Kier alpha value is -0.870. The lowest BCUT2D eigenvalue weighted by Gasteiger charge is -2.23. The molecule has 1 heterocycles. The fraction of sp³-hybridized carbons (Fsp3) is 0.700. The second-order valence-corrected chi connectivity index (χ2v) is 4.27. The minimum absolute atomic E-state index is 0.205. The Bertz CT molecular complexity index is 291. The summed E-state index contributed by atoms with van der Waals surface area (Å²) >= 11 is 0. The first-order valence-electron chi connectivity index (χ1n) is 4.92. The average molecular weight is 197 g/mol. The molecule has 4 nitrogen and oxygen atoms in total. The molecule has 0 aliphatic carbocycles. The molecule has 14 heavy (non-hydrogen) atoms. The molecule has 0 aromatic carbocycles. The van der Waals surface area contributed by atoms with Crippen LogP contribution < -0.4 is 5.73 Å². The van der Waals surface area contributed by atoms with Gasteiger partial charge in [-0.15, -0.1) is 0 Å². The van der Waals surface area contributed by atoms with E-state index in [-0.39, 0.29) is 6.54 Å². The molecular weight excluding hydrogens is 178 g/mol. The van der Waals surface area contributed by atoms with Crippen LogP contribution in [0.4, 0.5) is 0 Å². The van der Waals surface area contributed by atoms with Gasteiger partial charge in [-0.3, -0.25) is 4.68 Å². The van der Waals surface area contributed by atoms with Crippen molar-refractivity contribution in [3.8, 4) is 0 Å². The molecule has 3 N–H and O–H groups in total. The molecule has 0 spiro atoms. The van der Waals surface area contributed by atoms with Crippen LogP contribution in [-0.4, -0.2) is 21.4 Å². The standard InChI is InChI=1S/C10H19N3O/c1-8(2)6-13-9(4-5-12-13)10(3,14)7-11/h4-5,8,14H,6-7,11H2,1-3H3. The molecule has 4 heteroatoms. The second kappa shape index (κ2) is 4.11. The summed E-state index contributed by atoms with van der Waals surface area (Å²) in [7, 11) is 0. The number of nitrogens with two attached hydrogens (primary N) is 1. The Morgan fingerprint density at radius 3 is 2.79 bits per heavy atom. The zero-order chi connectivity index (χ0) is 10.8. The fourth-order valence-electron chi connectivity index (χ4n) is 1.39. The number of nitrogens with zero attached hydrogens (tertiary/aromatic N) is 2. The van der Waals surface area contributed by atoms with E-state index in [9.17, 15) is 5.11 Å². The lowest BCUT2D eigenvalue weighted by atomic mass is 10.0. The van der Waals surface area contributed by atoms with Crippen LogP contribution in [0.3, 0.4) is 0 Å². The van der Waals surface area contributed by atoms with Crippen LogP contribution in [0.25, 0.3) is 0 Å². The number of aliphatic hydroxyl groups is 1. The highest BCUT2D eigenvalue weighted by Gasteiger charge is 2.25. The van der Waals surface area contributed by atoms with Crippen LogP contribution in [0.2, 0.25) is 0 Å². The first kappa shape index (κ1) is 11.2. The van der Waals surface area contributed by atoms with Gasteiger partial charge in [-0.05, 0) is 18.9 Å². The number of hydrogen-bond acceptors (Lipinski definition) is 3. The van der Waals surface area contributed by atoms with Crippen molar-refractivity contribution < 1.29 is 5.11 Å². The summed E-state index contributed by atoms with van der Waals surface area (Å²) < 4.78 is 1.82. The van der Waals surface area contributed by atoms with Gasteiger partial charge in [0.05, 0.1) is 5.69 Å². The highest BCUT2D eigenvalue weighted by Crippen LogP contribution is 2.19. The van der Waals surface area contributed by atoms with Crippen LogP contribution in [-0.2, 0) is 12.1 Å². The Labute approximate surface area is 84.7 Å². The molecule has 1 aromatic heterocycles. The van der Waals surface area contributed by atoms with Crippen LogP contribution in [0.15, 0.2) is 12.3 Å². The van der Waals surface area contributed by atoms with E-state index in [1.807, 2.05) is 10.7 Å². The molecule has 1 rings (SSSR count). The molecule has 0 aliphatic rings. The normalized spacial score (nSPS) is 15.9. The van der Waals surface area contributed by atoms with Crippen molar-refractivity contribution in [2.75, 3.05) is 6.54 Å². The Balaban J connectivity index is 2.92. The van der Waals surface area contributed by atoms with Gasteiger partial charge in [-0.1, -0.05) is 13.8 Å². The smallest absolute Gasteiger partial charge is 0.115 e. The summed E-state index contributed by atoms with van der Waals surface area (Å²) in [6, 6.07) is 1.81. The summed E-state index contributed by atoms with van der Waals surface area (Å²) in [6.45, 7) is 6.95. The quantitative estimate of drug-likeness (QED) is 0.747. The van der Waals surface area contributed by atoms with Crippen molar-refractivity contribution in [1.29, 1.82) is 0 Å². The Morgan fingerprint density at radius 1 is 1.64 bits per heavy atom. The summed E-state index contributed by atoms with van der Waals surface area (Å²) in [4.78, 5) is 0. The molecule has 0 amide bonds. The van der Waals surface area contributed by atoms with Crippen molar-refractivity contribution in [1.82, 2.24) is 9.78 Å². The molecule has 0 radical (unpaired) electrons. The van der Waals surface area contributed by atoms with E-state index < -0.39 is 5.60 Å². The van der Waals surface area contributed by atoms with Gasteiger partial charge in [0.1, 0.15) is 5.60 Å². The maximum atomic E-state index is 9.99. The highest BCUT2D eigenvalue weighted by atomic mass is 16.3. The zero-order valence-electron chi connectivity index (χ0n) is 9.07. The van der Waals surface area contributed by atoms with Crippen molar-refractivity contribution in [2.45, 2.75) is 32.9 Å². The van der Waals surface area contributed by atoms with E-state index in [1.54, 1.807) is 13.1 Å². The second-order valence-electron chi connectivity index (χ2n) is 4.27. The minimum Gasteiger partial charge on any atom is -0.383 e. The average Bonchev–Trinajstić information content (AvgIpc) is 2.52. The van der Waals surface area contributed by atoms with Gasteiger partial charge in [0.15, 0.2) is 0 Å². The topological polar surface area (TPSA) is 64.1 Å². The molecule has 1 unspecified atom stereocenters. The third kappa shape index (κ3) is 2.33. The van der Waals surface area contributed by atoms with E-state index in [2.05, 4.69) is 18.9 Å². The maximum absolute atomic E-state index is 9.99. The van der Waals surface area contributed by atoms with E-state index >= 15 is 0 Å². The van der Waals surface area contributed by atoms with Gasteiger partial charge in [0, 0.05) is 19.3 Å². The van der Waals surface area contributed by atoms with E-state index in [4.69, 9.17) is 5.73 Å². The lowest BCUT2D eigenvalue weighted by Crippen LogP contribution is -2.34. The third-order valence-electron chi connectivity index (χ3n) is 2.20. The van der Waals surface area contributed by atoms with Gasteiger partial charge in [-0.25, -0.2) is 0 Å². The van der Waals surface area contributed by atoms with E-state index in [0.717, 1.165) is 12.2 Å². The third-order valence-corrected chi connectivity index (χ3v) is 2.20. The van der Waals surface area contributed by atoms with Crippen molar-refractivity contribution in [2.24, 2.45) is 11.7 Å². The first-order chi connectivity index (χ1) is 6.47. The van der Waals surface area contributed by atoms with Gasteiger partial charge in [-0.2, -0.15) is 5.10 Å². The molecule has 0 saturated carbocycles. The largest absolute Gasteiger partial charge is 0.383 e. The molecule has 0 bridgehead atoms. The monoisotopic (exact) mass is 197 g/mol. The molecule has 0 aliphatic heterocycles. The lowest BCUT2D eigenvalue weighted by molar-refractivity contribution is 0.0561. The van der Waals surface area contributed by atoms with E-state index in [0.29, 0.717) is 5.92 Å². The SMILES string of the molecule is CC(C)Cn1nccc1C(C)(O)CN. The molecule has 80 valence electrons. The Morgan fingerprint density at radius 2 is 2.29 bits per heavy atom. The number of aromatic nitrogens is 2. The van der Waals surface area contributed by atoms with Crippen LogP contribution in [0, 0.1) is 5.92 Å². The fourth-order valence-corrected chi connectivity index (χ4v) is 1.39. The zero-order valence-corrected chi connectivity index (χ0v) is 9.07. The van der Waals surface area contributed by atoms with Gasteiger partial charge < -0.3 is 10.8 Å². The summed E-state index contributed by atoms with van der Waals surface area (Å²) in [5.41, 5.74) is 5.31. The van der Waals surface area contributed by atoms with Gasteiger partial charge in [0.2, 0.25) is 0 Å². The predicted octanol–water partition coefficient (Wildman–Crippen LogP) is 0.705. The van der Waals surface area contributed by atoms with Gasteiger partial charge >= 0.3 is 0 Å². The molecule has 0 fully saturated rings. The summed E-state index contributed by atoms with van der Waals surface area (Å²) in [5, 5.41) is 14.2. The summed E-state index contributed by atoms with van der Waals surface area (Å²) in [6.07, 6.45) is 1.70. The molecule has 0 saturated heterocycles. The Kier molecular flexibility index (Phi) is 3.29. The maximum Gasteiger partial charge on any atom is 0.115 e.